The molecule has 0 saturated heterocycles. The molecule has 3 N–H and O–H groups in total. The fraction of sp³-hybridized carbons (Fsp3) is 0.357. The van der Waals surface area contributed by atoms with Gasteiger partial charge in [0.15, 0.2) is 18.1 Å². The van der Waals surface area contributed by atoms with Crippen LogP contribution in [0, 0.1) is 0 Å². The number of ether oxygens (including phenoxy) is 2. The first kappa shape index (κ1) is 16.5. The Morgan fingerprint density at radius 1 is 1.50 bits per heavy atom. The Hall–Kier alpha value is -1.53. The van der Waals surface area contributed by atoms with Gasteiger partial charge in [0.1, 0.15) is 0 Å². The zero-order valence-electron chi connectivity index (χ0n) is 11.4. The number of nitrogens with one attached hydrogen (secondary N) is 1. The van der Waals surface area contributed by atoms with E-state index < -0.39 is 0 Å². The Kier molecular flexibility index (Phi) is 7.11. The summed E-state index contributed by atoms with van der Waals surface area (Å²) in [5.74, 6) is 0.846. The Balaban J connectivity index is 2.81. The average molecular weight is 343 g/mol. The molecule has 0 aliphatic rings. The predicted octanol–water partition coefficient (Wildman–Crippen LogP) is 1.99. The van der Waals surface area contributed by atoms with Crippen LogP contribution in [0.2, 0.25) is 0 Å². The van der Waals surface area contributed by atoms with Crippen LogP contribution in [0.15, 0.2) is 29.3 Å². The van der Waals surface area contributed by atoms with E-state index in [0.29, 0.717) is 35.7 Å². The Bertz CT molecular complexity index is 478. The molecule has 5 nitrogen and oxygen atoms in total. The quantitative estimate of drug-likeness (QED) is 0.708. The van der Waals surface area contributed by atoms with Gasteiger partial charge in [-0.25, -0.2) is 0 Å². The summed E-state index contributed by atoms with van der Waals surface area (Å²) in [7, 11) is 0. The number of carbonyl (C=O) groups excluding carboxylic acids is 1. The number of amides is 1. The van der Waals surface area contributed by atoms with Crippen molar-refractivity contribution < 1.29 is 14.3 Å². The summed E-state index contributed by atoms with van der Waals surface area (Å²) in [6.45, 7) is 6.63. The van der Waals surface area contributed by atoms with E-state index in [9.17, 15) is 4.79 Å². The number of hydrogen-bond acceptors (Lipinski definition) is 4. The van der Waals surface area contributed by atoms with Crippen molar-refractivity contribution in [3.05, 3.63) is 34.8 Å². The molecule has 0 radical (unpaired) electrons. The average Bonchev–Trinajstić information content (AvgIpc) is 2.44. The van der Waals surface area contributed by atoms with E-state index >= 15 is 0 Å². The van der Waals surface area contributed by atoms with Crippen LogP contribution in [0.1, 0.15) is 12.5 Å². The maximum atomic E-state index is 11.5. The van der Waals surface area contributed by atoms with Crippen molar-refractivity contribution in [2.45, 2.75) is 13.5 Å². The number of nitrogens with two attached hydrogens (primary N) is 1. The third-order valence-electron chi connectivity index (χ3n) is 2.40. The molecule has 0 heterocycles. The lowest BCUT2D eigenvalue weighted by molar-refractivity contribution is -0.122. The molecule has 20 heavy (non-hydrogen) atoms. The lowest BCUT2D eigenvalue weighted by atomic mass is 10.2. The first-order chi connectivity index (χ1) is 9.62. The number of hydrogen-bond donors (Lipinski definition) is 2. The third kappa shape index (κ3) is 4.86. The van der Waals surface area contributed by atoms with Crippen LogP contribution in [-0.4, -0.2) is 25.7 Å². The second-order valence-corrected chi connectivity index (χ2v) is 4.78. The van der Waals surface area contributed by atoms with Gasteiger partial charge in [-0.1, -0.05) is 6.08 Å². The van der Waals surface area contributed by atoms with Crippen molar-refractivity contribution in [3.63, 3.8) is 0 Å². The van der Waals surface area contributed by atoms with E-state index in [-0.39, 0.29) is 12.5 Å². The van der Waals surface area contributed by atoms with Gasteiger partial charge >= 0.3 is 0 Å². The Labute approximate surface area is 127 Å². The summed E-state index contributed by atoms with van der Waals surface area (Å²) >= 11 is 3.40. The summed E-state index contributed by atoms with van der Waals surface area (Å²) in [5.41, 5.74) is 6.54. The summed E-state index contributed by atoms with van der Waals surface area (Å²) in [6, 6.07) is 3.66. The highest BCUT2D eigenvalue weighted by Gasteiger charge is 2.13. The zero-order chi connectivity index (χ0) is 15.0. The SMILES string of the molecule is C=CCNC(=O)COc1c(Br)cc(CN)cc1OCC. The number of carbonyl (C=O) groups is 1. The van der Waals surface area contributed by atoms with Gasteiger partial charge < -0.3 is 20.5 Å². The standard InChI is InChI=1S/C14H19BrN2O3/c1-3-5-17-13(18)9-20-14-11(15)6-10(8-16)7-12(14)19-4-2/h3,6-7H,1,4-5,8-9,16H2,2H3,(H,17,18). The van der Waals surface area contributed by atoms with Gasteiger partial charge in [-0.3, -0.25) is 4.79 Å². The van der Waals surface area contributed by atoms with E-state index in [4.69, 9.17) is 15.2 Å². The Morgan fingerprint density at radius 2 is 2.25 bits per heavy atom. The minimum absolute atomic E-state index is 0.0888. The van der Waals surface area contributed by atoms with Crippen LogP contribution in [0.25, 0.3) is 0 Å². The van der Waals surface area contributed by atoms with Crippen LogP contribution in [-0.2, 0) is 11.3 Å². The molecular formula is C14H19BrN2O3. The van der Waals surface area contributed by atoms with Gasteiger partial charge in [-0.15, -0.1) is 6.58 Å². The van der Waals surface area contributed by atoms with E-state index in [2.05, 4.69) is 27.8 Å². The molecule has 1 aromatic carbocycles. The normalized spacial score (nSPS) is 9.95. The van der Waals surface area contributed by atoms with Crippen molar-refractivity contribution in [2.75, 3.05) is 19.8 Å². The molecule has 0 atom stereocenters. The van der Waals surface area contributed by atoms with E-state index in [1.807, 2.05) is 19.1 Å². The molecule has 0 unspecified atom stereocenters. The van der Waals surface area contributed by atoms with Crippen molar-refractivity contribution in [1.29, 1.82) is 0 Å². The summed E-state index contributed by atoms with van der Waals surface area (Å²) in [4.78, 5) is 11.5. The molecular weight excluding hydrogens is 324 g/mol. The van der Waals surface area contributed by atoms with Crippen LogP contribution in [0.5, 0.6) is 11.5 Å². The second kappa shape index (κ2) is 8.60. The number of halogens is 1. The minimum Gasteiger partial charge on any atom is -0.490 e. The summed E-state index contributed by atoms with van der Waals surface area (Å²) in [6.07, 6.45) is 1.61. The van der Waals surface area contributed by atoms with Gasteiger partial charge in [0.2, 0.25) is 0 Å². The first-order valence-electron chi connectivity index (χ1n) is 6.28. The van der Waals surface area contributed by atoms with Crippen molar-refractivity contribution in [1.82, 2.24) is 5.32 Å². The zero-order valence-corrected chi connectivity index (χ0v) is 13.0. The van der Waals surface area contributed by atoms with E-state index in [1.165, 1.54) is 0 Å². The van der Waals surface area contributed by atoms with Crippen molar-refractivity contribution in [3.8, 4) is 11.5 Å². The topological polar surface area (TPSA) is 73.6 Å². The van der Waals surface area contributed by atoms with Gasteiger partial charge in [0.25, 0.3) is 5.91 Å². The second-order valence-electron chi connectivity index (χ2n) is 3.92. The molecule has 0 aliphatic carbocycles. The molecule has 0 saturated carbocycles. The van der Waals surface area contributed by atoms with E-state index in [1.54, 1.807) is 6.08 Å². The smallest absolute Gasteiger partial charge is 0.258 e. The molecule has 0 aliphatic heterocycles. The van der Waals surface area contributed by atoms with Crippen LogP contribution in [0.4, 0.5) is 0 Å². The molecule has 1 rings (SSSR count). The lowest BCUT2D eigenvalue weighted by Crippen LogP contribution is -2.29. The molecule has 110 valence electrons. The van der Waals surface area contributed by atoms with Gasteiger partial charge in [0.05, 0.1) is 11.1 Å². The highest BCUT2D eigenvalue weighted by atomic mass is 79.9. The highest BCUT2D eigenvalue weighted by Crippen LogP contribution is 2.36. The van der Waals surface area contributed by atoms with Gasteiger partial charge in [-0.2, -0.15) is 0 Å². The van der Waals surface area contributed by atoms with Crippen LogP contribution >= 0.6 is 15.9 Å². The van der Waals surface area contributed by atoms with Gasteiger partial charge in [0, 0.05) is 13.1 Å². The predicted molar refractivity (Wildman–Crippen MR) is 81.9 cm³/mol. The van der Waals surface area contributed by atoms with Gasteiger partial charge in [-0.05, 0) is 40.5 Å². The fourth-order valence-electron chi connectivity index (χ4n) is 1.52. The number of rotatable bonds is 8. The molecule has 0 bridgehead atoms. The molecule has 0 fully saturated rings. The largest absolute Gasteiger partial charge is 0.490 e. The molecule has 6 heteroatoms. The fourth-order valence-corrected chi connectivity index (χ4v) is 2.12. The molecule has 1 aromatic rings. The highest BCUT2D eigenvalue weighted by molar-refractivity contribution is 9.10. The number of benzene rings is 1. The molecule has 0 aromatic heterocycles. The first-order valence-corrected chi connectivity index (χ1v) is 7.07. The Morgan fingerprint density at radius 3 is 2.85 bits per heavy atom. The van der Waals surface area contributed by atoms with Crippen molar-refractivity contribution in [2.24, 2.45) is 5.73 Å². The molecule has 0 spiro atoms. The van der Waals surface area contributed by atoms with Crippen LogP contribution < -0.4 is 20.5 Å². The van der Waals surface area contributed by atoms with Crippen LogP contribution in [0.3, 0.4) is 0 Å². The maximum absolute atomic E-state index is 11.5. The summed E-state index contributed by atoms with van der Waals surface area (Å²) < 4.78 is 11.7. The van der Waals surface area contributed by atoms with E-state index in [0.717, 1.165) is 5.56 Å². The van der Waals surface area contributed by atoms with Crippen molar-refractivity contribution >= 4 is 21.8 Å². The summed E-state index contributed by atoms with van der Waals surface area (Å²) in [5, 5.41) is 2.64. The maximum Gasteiger partial charge on any atom is 0.258 e. The lowest BCUT2D eigenvalue weighted by Gasteiger charge is -2.14. The minimum atomic E-state index is -0.220. The third-order valence-corrected chi connectivity index (χ3v) is 2.99. The molecule has 1 amide bonds. The monoisotopic (exact) mass is 342 g/mol.